The van der Waals surface area contributed by atoms with E-state index in [1.807, 2.05) is 6.07 Å². The first kappa shape index (κ1) is 75.1. The van der Waals surface area contributed by atoms with Crippen LogP contribution < -0.4 is 26.2 Å². The van der Waals surface area contributed by atoms with Crippen LogP contribution in [0.4, 0.5) is 34.1 Å². The number of nitrogens with zero attached hydrogens (tertiary/aromatic N) is 3. The molecule has 3 nitrogen and oxygen atoms in total. The Morgan fingerprint density at radius 3 is 0.958 bits per heavy atom. The van der Waals surface area contributed by atoms with Crippen LogP contribution in [0.5, 0.6) is 0 Å². The molecule has 2 aliphatic rings. The van der Waals surface area contributed by atoms with Crippen molar-refractivity contribution in [2.75, 3.05) is 9.80 Å². The maximum absolute atomic E-state index is 10.1. The first-order chi connectivity index (χ1) is 58.8. The monoisotopic (exact) mass is 1590 g/mol. The van der Waals surface area contributed by atoms with Gasteiger partial charge < -0.3 is 14.4 Å². The molecule has 0 aliphatic carbocycles. The molecular weight excluding hydrogens is 1450 g/mol. The van der Waals surface area contributed by atoms with Crippen LogP contribution >= 0.6 is 0 Å². The van der Waals surface area contributed by atoms with E-state index in [9.17, 15) is 11.0 Å². The Morgan fingerprint density at radius 1 is 0.233 bits per heavy atom. The fourth-order valence-electron chi connectivity index (χ4n) is 17.8. The van der Waals surface area contributed by atoms with E-state index < -0.39 is 41.7 Å². The van der Waals surface area contributed by atoms with Crippen LogP contribution in [0, 0.1) is 0 Å². The molecule has 0 spiro atoms. The number of aromatic nitrogens is 1. The molecule has 0 radical (unpaired) electrons. The van der Waals surface area contributed by atoms with E-state index in [1.54, 1.807) is 4.57 Å². The van der Waals surface area contributed by atoms with Crippen molar-refractivity contribution in [2.24, 2.45) is 0 Å². The number of anilines is 6. The van der Waals surface area contributed by atoms with Crippen molar-refractivity contribution in [1.29, 1.82) is 0 Å². The summed E-state index contributed by atoms with van der Waals surface area (Å²) in [7, 11) is 0. The largest absolute Gasteiger partial charge is 0.310 e. The lowest BCUT2D eigenvalue weighted by atomic mass is 9.33. The van der Waals surface area contributed by atoms with Crippen LogP contribution in [0.25, 0.3) is 83.1 Å². The average molecular weight is 1590 g/mol. The predicted molar refractivity (Wildman–Crippen MR) is 528 cm³/mol. The van der Waals surface area contributed by atoms with Gasteiger partial charge in [-0.25, -0.2) is 0 Å². The zero-order chi connectivity index (χ0) is 94.1. The predicted octanol–water partition coefficient (Wildman–Crippen LogP) is 31.5. The molecule has 0 N–H and O–H groups in total. The van der Waals surface area contributed by atoms with Crippen molar-refractivity contribution in [3.63, 3.8) is 0 Å². The molecule has 4 heteroatoms. The zero-order valence-corrected chi connectivity index (χ0v) is 78.7. The van der Waals surface area contributed by atoms with Gasteiger partial charge in [0.2, 0.25) is 0 Å². The van der Waals surface area contributed by atoms with Gasteiger partial charge in [-0.15, -0.1) is 0 Å². The van der Waals surface area contributed by atoms with Crippen molar-refractivity contribution < 1.29 is 11.0 Å². The topological polar surface area (TPSA) is 11.4 Å². The first-order valence-electron chi connectivity index (χ1n) is 47.9. The number of rotatable bonds is 8. The van der Waals surface area contributed by atoms with Crippen molar-refractivity contribution in [1.82, 2.24) is 4.57 Å². The number of fused-ring (bicyclic) bond motifs is 7. The van der Waals surface area contributed by atoms with Gasteiger partial charge in [0, 0.05) is 61.5 Å². The fourth-order valence-corrected chi connectivity index (χ4v) is 17.8. The van der Waals surface area contributed by atoms with Crippen molar-refractivity contribution in [2.45, 2.75) is 288 Å². The Labute approximate surface area is 734 Å². The number of hydrogen-bond donors (Lipinski definition) is 0. The van der Waals surface area contributed by atoms with E-state index in [4.69, 9.17) is 0 Å². The Kier molecular flexibility index (Phi) is 18.1. The van der Waals surface area contributed by atoms with Gasteiger partial charge >= 0.3 is 0 Å². The third kappa shape index (κ3) is 15.7. The van der Waals surface area contributed by atoms with E-state index in [0.717, 1.165) is 117 Å². The SMILES string of the molecule is [2H]c1c([2H])c([2H])c2c(c1[2H])c1c([2H])c([2H])c([2H])c([2H])c1n2-c1ccc2c(c1)N(c1c(-c3ccc(C(C)(C)C)cc3)cc(C(C)(C)C)cc1-c1cc(C(C)(C)C)cc(C(C)(C)C)c1)c1cc(C(C)(C)C)cc3c1B2c1ccc(-c2cc(C(C)(C)C)cc(C(C)(C)C)c2)cc1N3c1c(-c2ccc(C(C)(C)C)cc2)cc(C(C)(C)C)cc1-c1ccc(C(C)(C)C)cc1C(C)(C)C. The minimum absolute atomic E-state index is 0.0192. The second-order valence-electron chi connectivity index (χ2n) is 46.4. The molecule has 0 fully saturated rings. The molecule has 15 rings (SSSR count). The molecule has 1 aromatic heterocycles. The molecule has 12 aromatic carbocycles. The highest BCUT2D eigenvalue weighted by Gasteiger charge is 2.48. The Hall–Kier alpha value is -9.90. The molecule has 0 amide bonds. The van der Waals surface area contributed by atoms with Gasteiger partial charge in [0.05, 0.1) is 33.4 Å². The molecule has 13 aromatic rings. The van der Waals surface area contributed by atoms with Crippen LogP contribution in [-0.4, -0.2) is 11.3 Å². The van der Waals surface area contributed by atoms with Gasteiger partial charge in [0.25, 0.3) is 6.71 Å². The lowest BCUT2D eigenvalue weighted by molar-refractivity contribution is 0.568. The van der Waals surface area contributed by atoms with Crippen LogP contribution in [0.2, 0.25) is 0 Å². The molecule has 0 saturated heterocycles. The van der Waals surface area contributed by atoms with Crippen molar-refractivity contribution in [3.05, 3.63) is 285 Å². The average Bonchev–Trinajstić information content (AvgIpc) is 1.03. The lowest BCUT2D eigenvalue weighted by Crippen LogP contribution is -2.61. The van der Waals surface area contributed by atoms with Crippen LogP contribution in [0.1, 0.15) is 301 Å². The van der Waals surface area contributed by atoms with Gasteiger partial charge in [-0.3, -0.25) is 0 Å². The lowest BCUT2D eigenvalue weighted by Gasteiger charge is -2.47. The molecule has 0 saturated carbocycles. The highest BCUT2D eigenvalue weighted by Crippen LogP contribution is 2.58. The van der Waals surface area contributed by atoms with E-state index in [-0.39, 0.29) is 94.7 Å². The second kappa shape index (κ2) is 28.9. The van der Waals surface area contributed by atoms with Crippen LogP contribution in [0.3, 0.4) is 0 Å². The summed E-state index contributed by atoms with van der Waals surface area (Å²) in [6, 6.07) is 65.9. The van der Waals surface area contributed by atoms with Gasteiger partial charge in [-0.2, -0.15) is 0 Å². The molecule has 0 unspecified atom stereocenters. The molecule has 2 aliphatic heterocycles. The highest BCUT2D eigenvalue weighted by molar-refractivity contribution is 7.00. The molecule has 618 valence electrons. The van der Waals surface area contributed by atoms with E-state index in [0.29, 0.717) is 5.69 Å². The smallest absolute Gasteiger partial charge is 0.252 e. The molecule has 0 bridgehead atoms. The van der Waals surface area contributed by atoms with Gasteiger partial charge in [0.1, 0.15) is 0 Å². The van der Waals surface area contributed by atoms with Crippen LogP contribution in [0.15, 0.2) is 224 Å². The molecule has 3 heterocycles. The minimum Gasteiger partial charge on any atom is -0.310 e. The summed E-state index contributed by atoms with van der Waals surface area (Å²) in [5, 5.41) is 0.0384. The summed E-state index contributed by atoms with van der Waals surface area (Å²) in [6.07, 6.45) is 0. The summed E-state index contributed by atoms with van der Waals surface area (Å²) in [5.41, 5.74) is 30.3. The molecular formula is C116H136BN3. The second-order valence-corrected chi connectivity index (χ2v) is 46.4. The highest BCUT2D eigenvalue weighted by atomic mass is 15.2. The van der Waals surface area contributed by atoms with Crippen LogP contribution in [-0.2, 0) is 59.6 Å². The third-order valence-corrected chi connectivity index (χ3v) is 25.7. The number of para-hydroxylation sites is 2. The standard InChI is InChI=1S/C116H136BN3/c1-106(2,3)76-47-42-71(43-48-76)90-63-83(113(22,23)24)65-92(75-58-81(111(16,17)18)62-82(59-75)112(19,20)21)104(90)120-100-70-86(118-97-40-36-34-38-88(97)89-39-35-37-41-98(89)118)52-55-96(100)117-95-54-46-73(74-56-79(109(10,11)12)61-80(57-74)110(13,14)15)60-99(95)119(101-68-85(115(28,29)30)69-102(120)103(101)117)105-91(72-44-49-77(50-45-72)107(4,5)6)64-84(114(25,26)27)66-93(105)87-53-51-78(108(7,8)9)67-94(87)116(31,32)33/h34-70H,1-33H3/i34D,35D,36D,37D,38D,39D,40D,41D. The number of hydrogen-bond acceptors (Lipinski definition) is 2. The maximum Gasteiger partial charge on any atom is 0.252 e. The summed E-state index contributed by atoms with van der Waals surface area (Å²) in [4.78, 5) is 5.29. The summed E-state index contributed by atoms with van der Waals surface area (Å²) >= 11 is 0. The first-order valence-corrected chi connectivity index (χ1v) is 43.9. The van der Waals surface area contributed by atoms with Gasteiger partial charge in [-0.1, -0.05) is 386 Å². The third-order valence-electron chi connectivity index (χ3n) is 25.7. The fraction of sp³-hybridized carbons (Fsp3) is 0.379. The number of benzene rings is 12. The summed E-state index contributed by atoms with van der Waals surface area (Å²) in [5.74, 6) is 0. The quantitative estimate of drug-likeness (QED) is 0.141. The summed E-state index contributed by atoms with van der Waals surface area (Å²) in [6.45, 7) is 76.1. The molecule has 0 atom stereocenters. The zero-order valence-electron chi connectivity index (χ0n) is 86.7. The van der Waals surface area contributed by atoms with Gasteiger partial charge in [-0.05, 0) is 237 Å². The summed E-state index contributed by atoms with van der Waals surface area (Å²) < 4.78 is 79.1. The minimum atomic E-state index is -0.533. The molecule has 120 heavy (non-hydrogen) atoms. The van der Waals surface area contributed by atoms with E-state index >= 15 is 0 Å². The Balaban J connectivity index is 1.24. The van der Waals surface area contributed by atoms with Crippen molar-refractivity contribution in [3.8, 4) is 61.3 Å². The Morgan fingerprint density at radius 2 is 0.558 bits per heavy atom. The normalized spacial score (nSPS) is 14.9. The van der Waals surface area contributed by atoms with Gasteiger partial charge in [0.15, 0.2) is 0 Å². The van der Waals surface area contributed by atoms with Crippen molar-refractivity contribution >= 4 is 79.0 Å². The van der Waals surface area contributed by atoms with E-state index in [1.165, 1.54) is 50.1 Å². The van der Waals surface area contributed by atoms with E-state index in [2.05, 4.69) is 408 Å². The maximum atomic E-state index is 10.1. The Bertz CT molecular complexity index is 6570.